The zero-order valence-electron chi connectivity index (χ0n) is 8.99. The third kappa shape index (κ3) is 2.95. The third-order valence-corrected chi connectivity index (χ3v) is 2.10. The van der Waals surface area contributed by atoms with E-state index in [1.54, 1.807) is 7.05 Å². The van der Waals surface area contributed by atoms with E-state index in [0.29, 0.717) is 6.61 Å². The predicted molar refractivity (Wildman–Crippen MR) is 58.6 cm³/mol. The summed E-state index contributed by atoms with van der Waals surface area (Å²) in [4.78, 5) is 11.1. The first-order chi connectivity index (χ1) is 7.19. The fourth-order valence-electron chi connectivity index (χ4n) is 1.40. The highest BCUT2D eigenvalue weighted by Crippen LogP contribution is 2.17. The van der Waals surface area contributed by atoms with Crippen LogP contribution in [0.1, 0.15) is 18.5 Å². The van der Waals surface area contributed by atoms with Crippen LogP contribution in [0.15, 0.2) is 24.3 Å². The van der Waals surface area contributed by atoms with Crippen LogP contribution in [0.4, 0.5) is 0 Å². The molecule has 0 unspecified atom stereocenters. The quantitative estimate of drug-likeness (QED) is 0.753. The smallest absolute Gasteiger partial charge is 0.239 e. The molecule has 1 amide bonds. The van der Waals surface area contributed by atoms with Crippen molar-refractivity contribution in [2.24, 2.45) is 5.73 Å². The van der Waals surface area contributed by atoms with Gasteiger partial charge in [-0.1, -0.05) is 12.1 Å². The molecule has 0 aromatic heterocycles. The lowest BCUT2D eigenvalue weighted by Gasteiger charge is -2.13. The molecule has 4 nitrogen and oxygen atoms in total. The first-order valence-corrected chi connectivity index (χ1v) is 4.88. The van der Waals surface area contributed by atoms with Crippen molar-refractivity contribution in [3.63, 3.8) is 0 Å². The van der Waals surface area contributed by atoms with Crippen molar-refractivity contribution in [2.45, 2.75) is 13.0 Å². The monoisotopic (exact) mass is 208 g/mol. The largest absolute Gasteiger partial charge is 0.494 e. The van der Waals surface area contributed by atoms with Crippen LogP contribution in [-0.2, 0) is 4.79 Å². The van der Waals surface area contributed by atoms with Gasteiger partial charge in [-0.25, -0.2) is 0 Å². The van der Waals surface area contributed by atoms with Crippen molar-refractivity contribution in [3.8, 4) is 5.75 Å². The minimum absolute atomic E-state index is 0.387. The molecule has 3 N–H and O–H groups in total. The van der Waals surface area contributed by atoms with Crippen LogP contribution < -0.4 is 15.8 Å². The van der Waals surface area contributed by atoms with E-state index in [-0.39, 0.29) is 5.91 Å². The number of likely N-dealkylation sites (N-methyl/N-ethyl adjacent to an activating group) is 1. The summed E-state index contributed by atoms with van der Waals surface area (Å²) < 4.78 is 5.30. The Bertz CT molecular complexity index is 322. The molecule has 0 aliphatic rings. The van der Waals surface area contributed by atoms with E-state index in [4.69, 9.17) is 10.5 Å². The lowest BCUT2D eigenvalue weighted by atomic mass is 10.1. The predicted octanol–water partition coefficient (Wildman–Crippen LogP) is 0.831. The van der Waals surface area contributed by atoms with Gasteiger partial charge in [-0.2, -0.15) is 0 Å². The number of primary amides is 1. The Morgan fingerprint density at radius 3 is 2.47 bits per heavy atom. The van der Waals surface area contributed by atoms with Crippen molar-refractivity contribution < 1.29 is 9.53 Å². The Hall–Kier alpha value is -1.55. The SMILES string of the molecule is CCOc1ccc([C@@H](NC)C(N)=O)cc1. The van der Waals surface area contributed by atoms with Gasteiger partial charge in [0.25, 0.3) is 0 Å². The van der Waals surface area contributed by atoms with Crippen molar-refractivity contribution in [1.82, 2.24) is 5.32 Å². The van der Waals surface area contributed by atoms with Crippen LogP contribution in [0, 0.1) is 0 Å². The van der Waals surface area contributed by atoms with Crippen molar-refractivity contribution >= 4 is 5.91 Å². The number of benzene rings is 1. The Labute approximate surface area is 89.4 Å². The van der Waals surface area contributed by atoms with E-state index in [2.05, 4.69) is 5.32 Å². The summed E-state index contributed by atoms with van der Waals surface area (Å²) >= 11 is 0. The molecule has 0 radical (unpaired) electrons. The van der Waals surface area contributed by atoms with Crippen LogP contribution in [-0.4, -0.2) is 19.6 Å². The molecular weight excluding hydrogens is 192 g/mol. The summed E-state index contributed by atoms with van der Waals surface area (Å²) in [6, 6.07) is 6.87. The van der Waals surface area contributed by atoms with Crippen molar-refractivity contribution in [2.75, 3.05) is 13.7 Å². The van der Waals surface area contributed by atoms with Gasteiger partial charge in [0.2, 0.25) is 5.91 Å². The molecule has 82 valence electrons. The minimum Gasteiger partial charge on any atom is -0.494 e. The average Bonchev–Trinajstić information content (AvgIpc) is 2.21. The number of nitrogens with two attached hydrogens (primary N) is 1. The number of rotatable bonds is 5. The lowest BCUT2D eigenvalue weighted by molar-refractivity contribution is -0.120. The number of hydrogen-bond donors (Lipinski definition) is 2. The second kappa shape index (κ2) is 5.36. The fourth-order valence-corrected chi connectivity index (χ4v) is 1.40. The maximum atomic E-state index is 11.1. The molecule has 0 heterocycles. The van der Waals surface area contributed by atoms with E-state index >= 15 is 0 Å². The second-order valence-corrected chi connectivity index (χ2v) is 3.13. The molecule has 1 rings (SSSR count). The summed E-state index contributed by atoms with van der Waals surface area (Å²) in [5.74, 6) is 0.405. The fraction of sp³-hybridized carbons (Fsp3) is 0.364. The Morgan fingerprint density at radius 1 is 1.47 bits per heavy atom. The van der Waals surface area contributed by atoms with Gasteiger partial charge in [0, 0.05) is 0 Å². The normalized spacial score (nSPS) is 12.1. The molecule has 1 aromatic rings. The minimum atomic E-state index is -0.444. The maximum absolute atomic E-state index is 11.1. The van der Waals surface area contributed by atoms with Gasteiger partial charge >= 0.3 is 0 Å². The van der Waals surface area contributed by atoms with E-state index < -0.39 is 6.04 Å². The van der Waals surface area contributed by atoms with Crippen LogP contribution in [0.25, 0.3) is 0 Å². The highest BCUT2D eigenvalue weighted by molar-refractivity contribution is 5.81. The molecule has 0 saturated heterocycles. The van der Waals surface area contributed by atoms with Crippen LogP contribution >= 0.6 is 0 Å². The third-order valence-electron chi connectivity index (χ3n) is 2.10. The average molecular weight is 208 g/mol. The van der Waals surface area contributed by atoms with Gasteiger partial charge in [0.05, 0.1) is 6.61 Å². The summed E-state index contributed by atoms with van der Waals surface area (Å²) in [5, 5.41) is 2.85. The Morgan fingerprint density at radius 2 is 2.07 bits per heavy atom. The van der Waals surface area contributed by atoms with Gasteiger partial charge in [-0.15, -0.1) is 0 Å². The van der Waals surface area contributed by atoms with Gasteiger partial charge in [-0.3, -0.25) is 4.79 Å². The van der Waals surface area contributed by atoms with E-state index in [1.165, 1.54) is 0 Å². The highest BCUT2D eigenvalue weighted by Gasteiger charge is 2.14. The summed E-state index contributed by atoms with van der Waals surface area (Å²) in [7, 11) is 1.70. The van der Waals surface area contributed by atoms with Crippen LogP contribution in [0.5, 0.6) is 5.75 Å². The van der Waals surface area contributed by atoms with Crippen LogP contribution in [0.2, 0.25) is 0 Å². The molecule has 0 spiro atoms. The number of carbonyl (C=O) groups excluding carboxylic acids is 1. The number of amides is 1. The molecular formula is C11H16N2O2. The first kappa shape index (κ1) is 11.5. The standard InChI is InChI=1S/C11H16N2O2/c1-3-15-9-6-4-8(5-7-9)10(13-2)11(12)14/h4-7,10,13H,3H2,1-2H3,(H2,12,14)/t10-/m1/s1. The number of hydrogen-bond acceptors (Lipinski definition) is 3. The van der Waals surface area contributed by atoms with Crippen molar-refractivity contribution in [3.05, 3.63) is 29.8 Å². The molecule has 4 heteroatoms. The second-order valence-electron chi connectivity index (χ2n) is 3.13. The van der Waals surface area contributed by atoms with Crippen molar-refractivity contribution in [1.29, 1.82) is 0 Å². The molecule has 0 aliphatic carbocycles. The van der Waals surface area contributed by atoms with Crippen LogP contribution in [0.3, 0.4) is 0 Å². The molecule has 0 bridgehead atoms. The Balaban J connectivity index is 2.82. The number of ether oxygens (including phenoxy) is 1. The molecule has 15 heavy (non-hydrogen) atoms. The van der Waals surface area contributed by atoms with Gasteiger partial charge in [0.15, 0.2) is 0 Å². The molecule has 0 fully saturated rings. The van der Waals surface area contributed by atoms with Gasteiger partial charge < -0.3 is 15.8 Å². The van der Waals surface area contributed by atoms with E-state index in [0.717, 1.165) is 11.3 Å². The summed E-state index contributed by atoms with van der Waals surface area (Å²) in [5.41, 5.74) is 6.08. The van der Waals surface area contributed by atoms with E-state index in [1.807, 2.05) is 31.2 Å². The maximum Gasteiger partial charge on any atom is 0.239 e. The summed E-state index contributed by atoms with van der Waals surface area (Å²) in [6.45, 7) is 2.55. The van der Waals surface area contributed by atoms with E-state index in [9.17, 15) is 4.79 Å². The molecule has 1 atom stereocenters. The lowest BCUT2D eigenvalue weighted by Crippen LogP contribution is -2.31. The number of carbonyl (C=O) groups is 1. The Kier molecular flexibility index (Phi) is 4.12. The topological polar surface area (TPSA) is 64.3 Å². The summed E-state index contributed by atoms with van der Waals surface area (Å²) in [6.07, 6.45) is 0. The highest BCUT2D eigenvalue weighted by atomic mass is 16.5. The first-order valence-electron chi connectivity index (χ1n) is 4.88. The molecule has 0 aliphatic heterocycles. The van der Waals surface area contributed by atoms with Gasteiger partial charge in [-0.05, 0) is 31.7 Å². The zero-order valence-corrected chi connectivity index (χ0v) is 8.99. The van der Waals surface area contributed by atoms with Gasteiger partial charge in [0.1, 0.15) is 11.8 Å². The zero-order chi connectivity index (χ0) is 11.3. The molecule has 0 saturated carbocycles. The number of nitrogens with one attached hydrogen (secondary N) is 1. The molecule has 1 aromatic carbocycles.